The molecule has 0 fully saturated rings. The molecule has 0 aliphatic rings. The molecule has 0 radical (unpaired) electrons. The number of thioether (sulfide) groups is 1. The summed E-state index contributed by atoms with van der Waals surface area (Å²) in [4.78, 5) is 29.6. The highest BCUT2D eigenvalue weighted by molar-refractivity contribution is 7.98. The average Bonchev–Trinajstić information content (AvgIpc) is 3.25. The second-order valence-corrected chi connectivity index (χ2v) is 11.2. The summed E-state index contributed by atoms with van der Waals surface area (Å²) in [5.41, 5.74) is 3.16. The van der Waals surface area contributed by atoms with Gasteiger partial charge >= 0.3 is 0 Å². The van der Waals surface area contributed by atoms with Crippen molar-refractivity contribution in [1.29, 1.82) is 0 Å². The number of halogens is 1. The first kappa shape index (κ1) is 26.1. The predicted octanol–water partition coefficient (Wildman–Crippen LogP) is 7.14. The molecule has 2 heterocycles. The highest BCUT2D eigenvalue weighted by Gasteiger charge is 2.20. The third-order valence-corrected chi connectivity index (χ3v) is 8.58. The van der Waals surface area contributed by atoms with Crippen LogP contribution in [0, 0.1) is 21.0 Å². The monoisotopic (exact) mass is 582 g/mol. The Kier molecular flexibility index (Phi) is 7.35. The zero-order valence-electron chi connectivity index (χ0n) is 20.1. The number of thiazole rings is 1. The maximum atomic E-state index is 13.9. The lowest BCUT2D eigenvalue weighted by atomic mass is 10.2. The van der Waals surface area contributed by atoms with Gasteiger partial charge in [0.1, 0.15) is 10.4 Å². The summed E-state index contributed by atoms with van der Waals surface area (Å²) in [5.74, 6) is 1.02. The number of hydrogen-bond acceptors (Lipinski definition) is 8. The molecule has 12 heteroatoms. The number of rotatable bonds is 7. The maximum Gasteiger partial charge on any atom is 0.278 e. The van der Waals surface area contributed by atoms with Crippen LogP contribution in [0.15, 0.2) is 76.7 Å². The highest BCUT2D eigenvalue weighted by atomic mass is 35.5. The van der Waals surface area contributed by atoms with E-state index in [9.17, 15) is 14.9 Å². The Balaban J connectivity index is 1.69. The number of ether oxygens (including phenoxy) is 1. The van der Waals surface area contributed by atoms with Crippen LogP contribution in [-0.2, 0) is 5.75 Å². The lowest BCUT2D eigenvalue weighted by Crippen LogP contribution is -2.21. The van der Waals surface area contributed by atoms with Crippen LogP contribution in [-0.4, -0.2) is 26.2 Å². The standard InChI is InChI=1S/C26H19ClN4O4S3/c1-15-12-18(8-11-21(15)27)29-23-22(38-26(29)36)24(32)30(17-6-9-20(35-2)10-7-17)25(28-23)37-14-16-4-3-5-19(13-16)31(33)34/h3-13H,14H2,1-2H3. The number of non-ortho nitro benzene ring substituents is 1. The van der Waals surface area contributed by atoms with Gasteiger partial charge in [0, 0.05) is 28.6 Å². The number of fused-ring (bicyclic) bond motifs is 1. The van der Waals surface area contributed by atoms with Crippen molar-refractivity contribution in [3.63, 3.8) is 0 Å². The van der Waals surface area contributed by atoms with Crippen molar-refractivity contribution in [2.45, 2.75) is 17.8 Å². The Hall–Kier alpha value is -3.51. The summed E-state index contributed by atoms with van der Waals surface area (Å²) in [6, 6.07) is 19.0. The van der Waals surface area contributed by atoms with Crippen molar-refractivity contribution in [3.05, 3.63) is 107 Å². The zero-order chi connectivity index (χ0) is 27.0. The van der Waals surface area contributed by atoms with E-state index in [1.807, 2.05) is 19.1 Å². The summed E-state index contributed by atoms with van der Waals surface area (Å²) in [5, 5.41) is 12.3. The van der Waals surface area contributed by atoms with Crippen molar-refractivity contribution >= 4 is 63.0 Å². The van der Waals surface area contributed by atoms with E-state index in [0.29, 0.717) is 41.7 Å². The average molecular weight is 583 g/mol. The summed E-state index contributed by atoms with van der Waals surface area (Å²) in [7, 11) is 1.57. The zero-order valence-corrected chi connectivity index (χ0v) is 23.3. The minimum atomic E-state index is -0.431. The molecule has 0 spiro atoms. The highest BCUT2D eigenvalue weighted by Crippen LogP contribution is 2.31. The summed E-state index contributed by atoms with van der Waals surface area (Å²) >= 11 is 14.4. The van der Waals surface area contributed by atoms with Crippen LogP contribution in [0.2, 0.25) is 5.02 Å². The molecule has 5 rings (SSSR count). The van der Waals surface area contributed by atoms with Gasteiger partial charge in [-0.3, -0.25) is 24.0 Å². The molecule has 0 unspecified atom stereocenters. The fraction of sp³-hybridized carbons (Fsp3) is 0.115. The summed E-state index contributed by atoms with van der Waals surface area (Å²) in [6.45, 7) is 1.90. The molecule has 8 nitrogen and oxygen atoms in total. The molecule has 0 N–H and O–H groups in total. The van der Waals surface area contributed by atoms with Crippen molar-refractivity contribution in [2.24, 2.45) is 0 Å². The number of aromatic nitrogens is 3. The number of benzene rings is 3. The van der Waals surface area contributed by atoms with Crippen LogP contribution in [0.4, 0.5) is 5.69 Å². The Morgan fingerprint density at radius 1 is 1.11 bits per heavy atom. The van der Waals surface area contributed by atoms with Gasteiger partial charge in [0.2, 0.25) is 0 Å². The molecule has 2 aromatic heterocycles. The second-order valence-electron chi connectivity index (χ2n) is 8.24. The Labute approximate surface area is 235 Å². The fourth-order valence-electron chi connectivity index (χ4n) is 3.89. The second kappa shape index (κ2) is 10.7. The third-order valence-electron chi connectivity index (χ3n) is 5.80. The Bertz CT molecular complexity index is 1810. The predicted molar refractivity (Wildman–Crippen MR) is 154 cm³/mol. The number of nitro benzene ring substituents is 1. The van der Waals surface area contributed by atoms with Gasteiger partial charge in [0.15, 0.2) is 14.8 Å². The van der Waals surface area contributed by atoms with Crippen LogP contribution < -0.4 is 10.3 Å². The van der Waals surface area contributed by atoms with Crippen LogP contribution in [0.25, 0.3) is 21.7 Å². The molecular weight excluding hydrogens is 564 g/mol. The lowest BCUT2D eigenvalue weighted by Gasteiger charge is -2.14. The van der Waals surface area contributed by atoms with Gasteiger partial charge in [-0.05, 0) is 72.7 Å². The summed E-state index contributed by atoms with van der Waals surface area (Å²) < 4.78 is 9.47. The Morgan fingerprint density at radius 2 is 1.84 bits per heavy atom. The molecule has 5 aromatic rings. The molecule has 38 heavy (non-hydrogen) atoms. The maximum absolute atomic E-state index is 13.9. The number of aryl methyl sites for hydroxylation is 1. The molecule has 0 aliphatic carbocycles. The molecule has 3 aromatic carbocycles. The van der Waals surface area contributed by atoms with Gasteiger partial charge in [-0.1, -0.05) is 46.8 Å². The van der Waals surface area contributed by atoms with Gasteiger partial charge in [0.25, 0.3) is 11.2 Å². The topological polar surface area (TPSA) is 92.2 Å². The third kappa shape index (κ3) is 4.97. The van der Waals surface area contributed by atoms with E-state index in [1.165, 1.54) is 39.8 Å². The number of methoxy groups -OCH3 is 1. The van der Waals surface area contributed by atoms with E-state index in [1.54, 1.807) is 54.1 Å². The smallest absolute Gasteiger partial charge is 0.278 e. The molecule has 0 bridgehead atoms. The molecule has 0 aliphatic heterocycles. The van der Waals surface area contributed by atoms with Gasteiger partial charge in [-0.2, -0.15) is 0 Å². The SMILES string of the molecule is COc1ccc(-n2c(SCc3cccc([N+](=O)[O-])c3)nc3c(sc(=S)n3-c3ccc(Cl)c(C)c3)c2=O)cc1. The quantitative estimate of drug-likeness (QED) is 0.0662. The van der Waals surface area contributed by atoms with Crippen LogP contribution >= 0.6 is 46.9 Å². The van der Waals surface area contributed by atoms with Crippen molar-refractivity contribution in [3.8, 4) is 17.1 Å². The van der Waals surface area contributed by atoms with Crippen molar-refractivity contribution in [2.75, 3.05) is 7.11 Å². The van der Waals surface area contributed by atoms with E-state index >= 15 is 0 Å². The van der Waals surface area contributed by atoms with Gasteiger partial charge < -0.3 is 4.74 Å². The number of nitro groups is 1. The van der Waals surface area contributed by atoms with Crippen LogP contribution in [0.5, 0.6) is 5.75 Å². The van der Waals surface area contributed by atoms with Crippen LogP contribution in [0.1, 0.15) is 11.1 Å². The van der Waals surface area contributed by atoms with E-state index in [-0.39, 0.29) is 11.2 Å². The van der Waals surface area contributed by atoms with Crippen molar-refractivity contribution < 1.29 is 9.66 Å². The first-order valence-electron chi connectivity index (χ1n) is 11.2. The number of hydrogen-bond donors (Lipinski definition) is 0. The molecule has 0 amide bonds. The van der Waals surface area contributed by atoms with E-state index in [2.05, 4.69) is 0 Å². The van der Waals surface area contributed by atoms with Gasteiger partial charge in [-0.15, -0.1) is 0 Å². The van der Waals surface area contributed by atoms with Crippen LogP contribution in [0.3, 0.4) is 0 Å². The molecule has 0 atom stereocenters. The van der Waals surface area contributed by atoms with E-state index in [0.717, 1.165) is 16.8 Å². The van der Waals surface area contributed by atoms with Gasteiger partial charge in [-0.25, -0.2) is 4.98 Å². The minimum Gasteiger partial charge on any atom is -0.497 e. The number of nitrogens with zero attached hydrogens (tertiary/aromatic N) is 4. The minimum absolute atomic E-state index is 0.00332. The lowest BCUT2D eigenvalue weighted by molar-refractivity contribution is -0.384. The first-order valence-corrected chi connectivity index (χ1v) is 13.8. The van der Waals surface area contributed by atoms with Crippen molar-refractivity contribution in [1.82, 2.24) is 14.1 Å². The summed E-state index contributed by atoms with van der Waals surface area (Å²) in [6.07, 6.45) is 0. The van der Waals surface area contributed by atoms with E-state index < -0.39 is 4.92 Å². The molecule has 0 saturated carbocycles. The Morgan fingerprint density at radius 3 is 2.53 bits per heavy atom. The molecule has 0 saturated heterocycles. The van der Waals surface area contributed by atoms with Gasteiger partial charge in [0.05, 0.1) is 17.7 Å². The fourth-order valence-corrected chi connectivity index (χ4v) is 6.26. The first-order chi connectivity index (χ1) is 18.3. The largest absolute Gasteiger partial charge is 0.497 e. The van der Waals surface area contributed by atoms with E-state index in [4.69, 9.17) is 33.5 Å². The molecule has 192 valence electrons. The normalized spacial score (nSPS) is 11.1. The molecular formula is C26H19ClN4O4S3.